The molecule has 0 atom stereocenters. The molecule has 1 fully saturated rings. The van der Waals surface area contributed by atoms with Crippen LogP contribution in [0.5, 0.6) is 0 Å². The van der Waals surface area contributed by atoms with Gasteiger partial charge in [0.25, 0.3) is 0 Å². The zero-order valence-electron chi connectivity index (χ0n) is 17.7. The maximum absolute atomic E-state index is 13.3. The van der Waals surface area contributed by atoms with Crippen molar-refractivity contribution in [2.75, 3.05) is 13.1 Å². The van der Waals surface area contributed by atoms with Crippen LogP contribution in [-0.2, 0) is 10.0 Å². The summed E-state index contributed by atoms with van der Waals surface area (Å²) >= 11 is 0. The number of fused-ring (bicyclic) bond motifs is 1. The van der Waals surface area contributed by atoms with Crippen LogP contribution in [0.25, 0.3) is 22.2 Å². The molecule has 0 aliphatic heterocycles. The van der Waals surface area contributed by atoms with Crippen molar-refractivity contribution in [2.24, 2.45) is 11.8 Å². The predicted octanol–water partition coefficient (Wildman–Crippen LogP) is 4.25. The van der Waals surface area contributed by atoms with Gasteiger partial charge in [-0.25, -0.2) is 22.9 Å². The molecule has 0 unspecified atom stereocenters. The lowest BCUT2D eigenvalue weighted by Gasteiger charge is -2.28. The van der Waals surface area contributed by atoms with Gasteiger partial charge in [-0.1, -0.05) is 48.5 Å². The number of nitrogens with zero attached hydrogens (tertiary/aromatic N) is 1. The number of amides is 1. The number of nitrogens with one attached hydrogen (secondary N) is 2. The van der Waals surface area contributed by atoms with Crippen LogP contribution in [0.3, 0.4) is 0 Å². The number of hydrogen-bond donors (Lipinski definition) is 3. The first-order chi connectivity index (χ1) is 15.4. The Morgan fingerprint density at radius 2 is 1.56 bits per heavy atom. The molecule has 32 heavy (non-hydrogen) atoms. The van der Waals surface area contributed by atoms with E-state index in [1.807, 2.05) is 48.5 Å². The summed E-state index contributed by atoms with van der Waals surface area (Å²) in [5.41, 5.74) is 2.12. The van der Waals surface area contributed by atoms with E-state index in [-0.39, 0.29) is 10.8 Å². The van der Waals surface area contributed by atoms with E-state index in [2.05, 4.69) is 15.0 Å². The first-order valence-electron chi connectivity index (χ1n) is 10.8. The molecule has 1 heterocycles. The first kappa shape index (κ1) is 22.2. The highest BCUT2D eigenvalue weighted by molar-refractivity contribution is 7.89. The average molecular weight is 454 g/mol. The van der Waals surface area contributed by atoms with Gasteiger partial charge in [0.05, 0.1) is 16.1 Å². The zero-order chi connectivity index (χ0) is 22.6. The standard InChI is InChI=1S/C24H27N3O4S/c28-24(29)25-15-17-10-12-18(13-11-17)16-26-32(30,31)23-14-22(19-6-2-1-3-7-19)27-21-9-5-4-8-20(21)23/h1-9,14,17-18,25-26H,10-13,15-16H2,(H,28,29). The number of hydrogen-bond acceptors (Lipinski definition) is 4. The fourth-order valence-corrected chi connectivity index (χ4v) is 5.64. The van der Waals surface area contributed by atoms with Gasteiger partial charge in [0.15, 0.2) is 0 Å². The van der Waals surface area contributed by atoms with Crippen molar-refractivity contribution < 1.29 is 18.3 Å². The van der Waals surface area contributed by atoms with Gasteiger partial charge in [-0.2, -0.15) is 0 Å². The molecular formula is C24H27N3O4S. The molecule has 0 spiro atoms. The number of carbonyl (C=O) groups is 1. The van der Waals surface area contributed by atoms with Gasteiger partial charge in [-0.15, -0.1) is 0 Å². The number of para-hydroxylation sites is 1. The third-order valence-corrected chi connectivity index (χ3v) is 7.57. The fraction of sp³-hybridized carbons (Fsp3) is 0.333. The topological polar surface area (TPSA) is 108 Å². The Kier molecular flexibility index (Phi) is 6.72. The molecule has 1 saturated carbocycles. The van der Waals surface area contributed by atoms with Crippen molar-refractivity contribution in [3.8, 4) is 11.3 Å². The summed E-state index contributed by atoms with van der Waals surface area (Å²) < 4.78 is 29.4. The van der Waals surface area contributed by atoms with Crippen molar-refractivity contribution in [1.82, 2.24) is 15.0 Å². The minimum atomic E-state index is -3.73. The molecule has 168 valence electrons. The van der Waals surface area contributed by atoms with Gasteiger partial charge >= 0.3 is 6.09 Å². The molecule has 0 bridgehead atoms. The van der Waals surface area contributed by atoms with Crippen LogP contribution in [0.2, 0.25) is 0 Å². The van der Waals surface area contributed by atoms with Crippen LogP contribution >= 0.6 is 0 Å². The Morgan fingerprint density at radius 1 is 0.938 bits per heavy atom. The van der Waals surface area contributed by atoms with Crippen molar-refractivity contribution in [3.63, 3.8) is 0 Å². The summed E-state index contributed by atoms with van der Waals surface area (Å²) in [6.07, 6.45) is 2.53. The van der Waals surface area contributed by atoms with Crippen molar-refractivity contribution in [2.45, 2.75) is 30.6 Å². The molecule has 8 heteroatoms. The van der Waals surface area contributed by atoms with E-state index in [0.29, 0.717) is 35.6 Å². The third kappa shape index (κ3) is 5.26. The molecule has 4 rings (SSSR count). The third-order valence-electron chi connectivity index (χ3n) is 6.11. The Morgan fingerprint density at radius 3 is 2.25 bits per heavy atom. The minimum absolute atomic E-state index is 0.237. The van der Waals surface area contributed by atoms with E-state index in [4.69, 9.17) is 5.11 Å². The van der Waals surface area contributed by atoms with E-state index in [0.717, 1.165) is 31.2 Å². The van der Waals surface area contributed by atoms with Crippen LogP contribution in [0.15, 0.2) is 65.6 Å². The van der Waals surface area contributed by atoms with Gasteiger partial charge in [0, 0.05) is 24.0 Å². The molecule has 1 amide bonds. The molecule has 2 aromatic carbocycles. The Balaban J connectivity index is 1.50. The van der Waals surface area contributed by atoms with E-state index < -0.39 is 16.1 Å². The minimum Gasteiger partial charge on any atom is -0.465 e. The highest BCUT2D eigenvalue weighted by Gasteiger charge is 2.25. The van der Waals surface area contributed by atoms with Gasteiger partial charge < -0.3 is 10.4 Å². The predicted molar refractivity (Wildman–Crippen MR) is 124 cm³/mol. The summed E-state index contributed by atoms with van der Waals surface area (Å²) in [6.45, 7) is 0.831. The molecule has 0 saturated heterocycles. The Bertz CT molecular complexity index is 1190. The van der Waals surface area contributed by atoms with Gasteiger partial charge in [0.2, 0.25) is 10.0 Å². The number of sulfonamides is 1. The van der Waals surface area contributed by atoms with Crippen LogP contribution in [0.1, 0.15) is 25.7 Å². The first-order valence-corrected chi connectivity index (χ1v) is 12.3. The number of carboxylic acid groups (broad SMARTS) is 1. The summed E-state index contributed by atoms with van der Waals surface area (Å²) in [5, 5.41) is 11.8. The molecule has 1 aliphatic rings. The van der Waals surface area contributed by atoms with E-state index in [1.54, 1.807) is 12.1 Å². The van der Waals surface area contributed by atoms with E-state index in [1.165, 1.54) is 0 Å². The molecule has 3 aromatic rings. The monoisotopic (exact) mass is 453 g/mol. The second-order valence-corrected chi connectivity index (χ2v) is 10.0. The molecule has 3 N–H and O–H groups in total. The van der Waals surface area contributed by atoms with Gasteiger partial charge in [0.1, 0.15) is 0 Å². The summed E-state index contributed by atoms with van der Waals surface area (Å²) in [7, 11) is -3.73. The normalized spacial score (nSPS) is 19.0. The maximum atomic E-state index is 13.3. The Hall–Kier alpha value is -2.97. The number of rotatable bonds is 7. The summed E-state index contributed by atoms with van der Waals surface area (Å²) in [5.74, 6) is 0.559. The highest BCUT2D eigenvalue weighted by atomic mass is 32.2. The largest absolute Gasteiger partial charge is 0.465 e. The van der Waals surface area contributed by atoms with Crippen molar-refractivity contribution >= 4 is 27.0 Å². The maximum Gasteiger partial charge on any atom is 0.404 e. The van der Waals surface area contributed by atoms with Crippen molar-refractivity contribution in [1.29, 1.82) is 0 Å². The molecule has 7 nitrogen and oxygen atoms in total. The van der Waals surface area contributed by atoms with Crippen molar-refractivity contribution in [3.05, 3.63) is 60.7 Å². The number of pyridine rings is 1. The van der Waals surface area contributed by atoms with Crippen LogP contribution < -0.4 is 10.0 Å². The lowest BCUT2D eigenvalue weighted by molar-refractivity contribution is 0.188. The highest BCUT2D eigenvalue weighted by Crippen LogP contribution is 2.30. The molecule has 1 aliphatic carbocycles. The lowest BCUT2D eigenvalue weighted by Crippen LogP contribution is -2.34. The Labute approximate surface area is 187 Å². The van der Waals surface area contributed by atoms with Gasteiger partial charge in [-0.3, -0.25) is 0 Å². The number of aromatic nitrogens is 1. The fourth-order valence-electron chi connectivity index (χ4n) is 4.30. The second-order valence-electron chi connectivity index (χ2n) is 8.31. The molecular weight excluding hydrogens is 426 g/mol. The van der Waals surface area contributed by atoms with E-state index in [9.17, 15) is 13.2 Å². The quantitative estimate of drug-likeness (QED) is 0.495. The van der Waals surface area contributed by atoms with Crippen LogP contribution in [-0.4, -0.2) is 37.7 Å². The van der Waals surface area contributed by atoms with Gasteiger partial charge in [-0.05, 0) is 49.7 Å². The summed E-state index contributed by atoms with van der Waals surface area (Å²) in [6, 6.07) is 18.5. The lowest BCUT2D eigenvalue weighted by atomic mass is 9.82. The molecule has 1 aromatic heterocycles. The number of benzene rings is 2. The van der Waals surface area contributed by atoms with E-state index >= 15 is 0 Å². The summed E-state index contributed by atoms with van der Waals surface area (Å²) in [4.78, 5) is 15.6. The van der Waals surface area contributed by atoms with Crippen LogP contribution in [0, 0.1) is 11.8 Å². The average Bonchev–Trinajstić information content (AvgIpc) is 2.82. The smallest absolute Gasteiger partial charge is 0.404 e. The SMILES string of the molecule is O=C(O)NCC1CCC(CNS(=O)(=O)c2cc(-c3ccccc3)nc3ccccc23)CC1. The zero-order valence-corrected chi connectivity index (χ0v) is 18.5. The van der Waals surface area contributed by atoms with Crippen LogP contribution in [0.4, 0.5) is 4.79 Å². The molecule has 0 radical (unpaired) electrons. The second kappa shape index (κ2) is 9.67.